The van der Waals surface area contributed by atoms with Crippen molar-refractivity contribution in [1.82, 2.24) is 0 Å². The van der Waals surface area contributed by atoms with Gasteiger partial charge in [-0.25, -0.2) is 4.79 Å². The van der Waals surface area contributed by atoms with Crippen LogP contribution >= 0.6 is 0 Å². The van der Waals surface area contributed by atoms with Gasteiger partial charge in [0.1, 0.15) is 6.61 Å². The molecule has 6 heteroatoms. The first-order valence-corrected chi connectivity index (χ1v) is 2.33. The van der Waals surface area contributed by atoms with Crippen molar-refractivity contribution in [2.75, 3.05) is 6.61 Å². The summed E-state index contributed by atoms with van der Waals surface area (Å²) in [4.78, 5) is 9.83. The molecule has 0 amide bonds. The van der Waals surface area contributed by atoms with Gasteiger partial charge in [0.25, 0.3) is 0 Å². The van der Waals surface area contributed by atoms with Gasteiger partial charge in [0, 0.05) is 0 Å². The number of alkyl halides is 3. The normalized spacial score (nSPS) is 9.73. The van der Waals surface area contributed by atoms with E-state index >= 15 is 0 Å². The fourth-order valence-corrected chi connectivity index (χ4v) is 0.216. The fourth-order valence-electron chi connectivity index (χ4n) is 0.216. The van der Waals surface area contributed by atoms with Crippen LogP contribution in [-0.4, -0.2) is 18.8 Å². The number of rotatable bonds is 2. The first-order chi connectivity index (χ1) is 4.48. The summed E-state index contributed by atoms with van der Waals surface area (Å²) in [7, 11) is 0. The maximum atomic E-state index is 11.3. The van der Waals surface area contributed by atoms with Gasteiger partial charge in [-0.3, -0.25) is 0 Å². The topological polar surface area (TPSA) is 26.3 Å². The standard InChI is InChI=1S/C5H5F3O2.Pd/c1-2-3-10-4(9)5(6,7)8;/h2H,1,3H2;/q;+2. The molecule has 0 aromatic carbocycles. The van der Waals surface area contributed by atoms with Crippen LogP contribution in [0.3, 0.4) is 0 Å². The van der Waals surface area contributed by atoms with Crippen molar-refractivity contribution >= 4 is 5.97 Å². The molecule has 0 bridgehead atoms. The maximum Gasteiger partial charge on any atom is 2.00 e. The summed E-state index contributed by atoms with van der Waals surface area (Å²) < 4.78 is 37.5. The molecule has 0 unspecified atom stereocenters. The zero-order chi connectivity index (χ0) is 8.20. The van der Waals surface area contributed by atoms with Crippen molar-refractivity contribution in [3.8, 4) is 0 Å². The molecule has 0 saturated carbocycles. The number of ether oxygens (including phenoxy) is 1. The smallest absolute Gasteiger partial charge is 0.455 e. The summed E-state index contributed by atoms with van der Waals surface area (Å²) >= 11 is 0. The second-order valence-electron chi connectivity index (χ2n) is 1.38. The van der Waals surface area contributed by atoms with E-state index in [-0.39, 0.29) is 20.4 Å². The van der Waals surface area contributed by atoms with Crippen LogP contribution in [0.1, 0.15) is 0 Å². The Morgan fingerprint density at radius 1 is 1.55 bits per heavy atom. The van der Waals surface area contributed by atoms with Crippen molar-refractivity contribution in [2.24, 2.45) is 0 Å². The van der Waals surface area contributed by atoms with Gasteiger partial charge in [-0.1, -0.05) is 12.7 Å². The zero-order valence-electron chi connectivity index (χ0n) is 5.26. The van der Waals surface area contributed by atoms with Gasteiger partial charge in [0.2, 0.25) is 0 Å². The second kappa shape index (κ2) is 5.33. The SMILES string of the molecule is C=CCOC(=O)C(F)(F)F.[Pd+2]. The average molecular weight is 261 g/mol. The van der Waals surface area contributed by atoms with Gasteiger partial charge in [0.05, 0.1) is 0 Å². The van der Waals surface area contributed by atoms with Gasteiger partial charge in [-0.2, -0.15) is 13.2 Å². The van der Waals surface area contributed by atoms with E-state index in [2.05, 4.69) is 11.3 Å². The van der Waals surface area contributed by atoms with Gasteiger partial charge < -0.3 is 4.74 Å². The largest absolute Gasteiger partial charge is 2.00 e. The number of carbonyl (C=O) groups excluding carboxylic acids is 1. The van der Waals surface area contributed by atoms with Gasteiger partial charge >= 0.3 is 32.6 Å². The van der Waals surface area contributed by atoms with Crippen LogP contribution in [0.25, 0.3) is 0 Å². The molecule has 0 aromatic rings. The summed E-state index contributed by atoms with van der Waals surface area (Å²) in [6.07, 6.45) is -3.84. The molecule has 0 N–H and O–H groups in total. The molecule has 0 heterocycles. The molecule has 11 heavy (non-hydrogen) atoms. The average Bonchev–Trinajstić information content (AvgIpc) is 1.80. The van der Waals surface area contributed by atoms with E-state index in [9.17, 15) is 18.0 Å². The summed E-state index contributed by atoms with van der Waals surface area (Å²) in [6, 6.07) is 0. The van der Waals surface area contributed by atoms with Crippen LogP contribution in [0.2, 0.25) is 0 Å². The van der Waals surface area contributed by atoms with Crippen LogP contribution in [0.5, 0.6) is 0 Å². The van der Waals surface area contributed by atoms with Crippen LogP contribution in [0, 0.1) is 0 Å². The first-order valence-electron chi connectivity index (χ1n) is 2.33. The van der Waals surface area contributed by atoms with Crippen LogP contribution < -0.4 is 0 Å². The zero-order valence-corrected chi connectivity index (χ0v) is 6.81. The molecule has 0 aromatic heterocycles. The minimum Gasteiger partial charge on any atom is -0.455 e. The first kappa shape index (κ1) is 13.3. The molecule has 0 rings (SSSR count). The van der Waals surface area contributed by atoms with E-state index in [0.717, 1.165) is 6.08 Å². The second-order valence-corrected chi connectivity index (χ2v) is 1.38. The van der Waals surface area contributed by atoms with Crippen molar-refractivity contribution in [1.29, 1.82) is 0 Å². The molecule has 0 saturated heterocycles. The molecular weight excluding hydrogens is 255 g/mol. The number of carbonyl (C=O) groups is 1. The van der Waals surface area contributed by atoms with Crippen LogP contribution in [0.15, 0.2) is 12.7 Å². The Hall–Kier alpha value is -0.338. The Morgan fingerprint density at radius 2 is 2.00 bits per heavy atom. The van der Waals surface area contributed by atoms with Gasteiger partial charge in [0.15, 0.2) is 0 Å². The number of halogens is 3. The minimum absolute atomic E-state index is 0. The van der Waals surface area contributed by atoms with Gasteiger partial charge in [-0.15, -0.1) is 0 Å². The van der Waals surface area contributed by atoms with Crippen molar-refractivity contribution in [3.05, 3.63) is 12.7 Å². The van der Waals surface area contributed by atoms with E-state index in [1.165, 1.54) is 0 Å². The Kier molecular flexibility index (Phi) is 6.43. The Morgan fingerprint density at radius 3 is 2.27 bits per heavy atom. The number of esters is 1. The summed E-state index contributed by atoms with van der Waals surface area (Å²) in [6.45, 7) is 2.65. The third-order valence-electron chi connectivity index (χ3n) is 0.564. The van der Waals surface area contributed by atoms with E-state index in [1.807, 2.05) is 0 Å². The maximum absolute atomic E-state index is 11.3. The van der Waals surface area contributed by atoms with Crippen molar-refractivity contribution in [2.45, 2.75) is 6.18 Å². The van der Waals surface area contributed by atoms with Gasteiger partial charge in [-0.05, 0) is 0 Å². The summed E-state index contributed by atoms with van der Waals surface area (Å²) in [5.41, 5.74) is 0. The third-order valence-corrected chi connectivity index (χ3v) is 0.564. The monoisotopic (exact) mass is 260 g/mol. The fraction of sp³-hybridized carbons (Fsp3) is 0.400. The molecule has 0 aliphatic carbocycles. The predicted octanol–water partition coefficient (Wildman–Crippen LogP) is 1.28. The third kappa shape index (κ3) is 6.08. The molecule has 0 spiro atoms. The van der Waals surface area contributed by atoms with E-state index in [0.29, 0.717) is 0 Å². The number of hydrogen-bond donors (Lipinski definition) is 0. The van der Waals surface area contributed by atoms with Crippen LogP contribution in [0.4, 0.5) is 13.2 Å². The van der Waals surface area contributed by atoms with E-state index < -0.39 is 18.8 Å². The van der Waals surface area contributed by atoms with Crippen molar-refractivity contribution < 1.29 is 43.1 Å². The number of hydrogen-bond acceptors (Lipinski definition) is 2. The minimum atomic E-state index is -4.90. The summed E-state index contributed by atoms with van der Waals surface area (Å²) in [5.74, 6) is -2.19. The molecule has 0 atom stereocenters. The quantitative estimate of drug-likeness (QED) is 0.425. The molecule has 0 aliphatic heterocycles. The molecular formula is C5H5F3O2Pd+2. The Bertz CT molecular complexity index is 143. The van der Waals surface area contributed by atoms with E-state index in [4.69, 9.17) is 0 Å². The van der Waals surface area contributed by atoms with E-state index in [1.54, 1.807) is 0 Å². The predicted molar refractivity (Wildman–Crippen MR) is 27.2 cm³/mol. The summed E-state index contributed by atoms with van der Waals surface area (Å²) in [5, 5.41) is 0. The van der Waals surface area contributed by atoms with Crippen LogP contribution in [-0.2, 0) is 30.0 Å². The molecule has 0 fully saturated rings. The molecule has 0 aliphatic rings. The molecule has 2 nitrogen and oxygen atoms in total. The molecule has 66 valence electrons. The Balaban J connectivity index is 0. The molecule has 0 radical (unpaired) electrons. The van der Waals surface area contributed by atoms with Crippen molar-refractivity contribution in [3.63, 3.8) is 0 Å². The Labute approximate surface area is 75.1 Å².